The first kappa shape index (κ1) is 13.3. The lowest BCUT2D eigenvalue weighted by Crippen LogP contribution is -2.14. The van der Waals surface area contributed by atoms with E-state index in [9.17, 15) is 4.79 Å². The third kappa shape index (κ3) is 2.60. The van der Waals surface area contributed by atoms with Crippen molar-refractivity contribution in [2.75, 3.05) is 7.11 Å². The van der Waals surface area contributed by atoms with Crippen molar-refractivity contribution in [2.24, 2.45) is 11.7 Å². The van der Waals surface area contributed by atoms with E-state index in [2.05, 4.69) is 0 Å². The minimum absolute atomic E-state index is 0.0114. The summed E-state index contributed by atoms with van der Waals surface area (Å²) in [7, 11) is 1.65. The molecule has 0 aromatic heterocycles. The number of rotatable bonds is 5. The third-order valence-corrected chi connectivity index (χ3v) is 4.37. The Labute approximate surface area is 119 Å². The molecule has 2 atom stereocenters. The topological polar surface area (TPSA) is 61.5 Å². The van der Waals surface area contributed by atoms with Crippen molar-refractivity contribution in [3.8, 4) is 11.5 Å². The summed E-state index contributed by atoms with van der Waals surface area (Å²) in [5, 5.41) is 0. The van der Waals surface area contributed by atoms with E-state index in [0.29, 0.717) is 6.10 Å². The smallest absolute Gasteiger partial charge is 0.221 e. The lowest BCUT2D eigenvalue weighted by atomic mass is 10.1. The molecule has 0 radical (unpaired) electrons. The summed E-state index contributed by atoms with van der Waals surface area (Å²) in [5.41, 5.74) is 6.48. The molecule has 2 aliphatic carbocycles. The van der Waals surface area contributed by atoms with E-state index in [0.717, 1.165) is 36.3 Å². The van der Waals surface area contributed by atoms with Crippen molar-refractivity contribution in [3.63, 3.8) is 0 Å². The first-order chi connectivity index (χ1) is 9.69. The molecule has 108 valence electrons. The highest BCUT2D eigenvalue weighted by Gasteiger charge is 2.43. The van der Waals surface area contributed by atoms with Gasteiger partial charge in [-0.15, -0.1) is 0 Å². The number of ether oxygens (including phenoxy) is 2. The van der Waals surface area contributed by atoms with Gasteiger partial charge in [0.2, 0.25) is 5.91 Å². The maximum absolute atomic E-state index is 11.2. The van der Waals surface area contributed by atoms with Crippen molar-refractivity contribution >= 4 is 5.91 Å². The zero-order valence-corrected chi connectivity index (χ0v) is 11.8. The third-order valence-electron chi connectivity index (χ3n) is 4.37. The highest BCUT2D eigenvalue weighted by Crippen LogP contribution is 2.49. The zero-order chi connectivity index (χ0) is 14.1. The lowest BCUT2D eigenvalue weighted by Gasteiger charge is -2.17. The number of nitrogens with two attached hydrogens (primary N) is 1. The van der Waals surface area contributed by atoms with Gasteiger partial charge in [0, 0.05) is 5.92 Å². The molecule has 0 spiro atoms. The summed E-state index contributed by atoms with van der Waals surface area (Å²) < 4.78 is 11.4. The number of hydrogen-bond acceptors (Lipinski definition) is 3. The first-order valence-electron chi connectivity index (χ1n) is 7.33. The number of carbonyl (C=O) groups is 1. The molecule has 1 amide bonds. The number of primary amides is 1. The van der Waals surface area contributed by atoms with Crippen LogP contribution < -0.4 is 15.2 Å². The summed E-state index contributed by atoms with van der Waals surface area (Å²) in [5.74, 6) is 1.60. The van der Waals surface area contributed by atoms with Crippen LogP contribution in [0.2, 0.25) is 0 Å². The molecule has 0 aliphatic heterocycles. The predicted molar refractivity (Wildman–Crippen MR) is 75.9 cm³/mol. The van der Waals surface area contributed by atoms with Crippen molar-refractivity contribution < 1.29 is 14.3 Å². The van der Waals surface area contributed by atoms with E-state index in [-0.39, 0.29) is 17.7 Å². The Morgan fingerprint density at radius 3 is 2.60 bits per heavy atom. The molecule has 2 fully saturated rings. The van der Waals surface area contributed by atoms with Gasteiger partial charge in [-0.1, -0.05) is 6.07 Å². The Kier molecular flexibility index (Phi) is 3.55. The molecule has 2 N–H and O–H groups in total. The zero-order valence-electron chi connectivity index (χ0n) is 11.8. The molecule has 20 heavy (non-hydrogen) atoms. The first-order valence-corrected chi connectivity index (χ1v) is 7.33. The quantitative estimate of drug-likeness (QED) is 0.898. The average molecular weight is 275 g/mol. The van der Waals surface area contributed by atoms with E-state index in [1.165, 1.54) is 12.8 Å². The van der Waals surface area contributed by atoms with E-state index < -0.39 is 0 Å². The van der Waals surface area contributed by atoms with Gasteiger partial charge in [0.25, 0.3) is 0 Å². The van der Waals surface area contributed by atoms with Crippen LogP contribution in [-0.2, 0) is 4.79 Å². The highest BCUT2D eigenvalue weighted by atomic mass is 16.5. The highest BCUT2D eigenvalue weighted by molar-refractivity contribution is 5.81. The molecular weight excluding hydrogens is 254 g/mol. The fourth-order valence-corrected chi connectivity index (χ4v) is 3.08. The molecule has 1 aromatic carbocycles. The Hall–Kier alpha value is -1.71. The largest absolute Gasteiger partial charge is 0.493 e. The summed E-state index contributed by atoms with van der Waals surface area (Å²) in [6.07, 6.45) is 5.84. The second-order valence-corrected chi connectivity index (χ2v) is 5.79. The number of methoxy groups -OCH3 is 1. The van der Waals surface area contributed by atoms with Crippen molar-refractivity contribution in [2.45, 2.75) is 44.1 Å². The molecule has 1 aromatic rings. The normalized spacial score (nSPS) is 25.4. The molecule has 2 unspecified atom stereocenters. The van der Waals surface area contributed by atoms with Gasteiger partial charge in [-0.05, 0) is 55.7 Å². The van der Waals surface area contributed by atoms with Crippen LogP contribution in [0.4, 0.5) is 0 Å². The number of hydrogen-bond donors (Lipinski definition) is 1. The number of benzene rings is 1. The minimum atomic E-state index is -0.205. The van der Waals surface area contributed by atoms with Gasteiger partial charge in [-0.25, -0.2) is 0 Å². The predicted octanol–water partition coefficient (Wildman–Crippen LogP) is 2.61. The summed E-state index contributed by atoms with van der Waals surface area (Å²) in [6, 6.07) is 5.95. The van der Waals surface area contributed by atoms with E-state index in [1.807, 2.05) is 18.2 Å². The molecular formula is C16H21NO3. The van der Waals surface area contributed by atoms with Gasteiger partial charge < -0.3 is 15.2 Å². The van der Waals surface area contributed by atoms with E-state index >= 15 is 0 Å². The molecule has 0 saturated heterocycles. The molecule has 2 aliphatic rings. The summed E-state index contributed by atoms with van der Waals surface area (Å²) in [6.45, 7) is 0. The Morgan fingerprint density at radius 1 is 1.25 bits per heavy atom. The minimum Gasteiger partial charge on any atom is -0.493 e. The van der Waals surface area contributed by atoms with Gasteiger partial charge in [-0.3, -0.25) is 4.79 Å². The molecule has 3 rings (SSSR count). The van der Waals surface area contributed by atoms with Crippen LogP contribution in [-0.4, -0.2) is 19.1 Å². The van der Waals surface area contributed by atoms with Crippen LogP contribution in [0.15, 0.2) is 18.2 Å². The van der Waals surface area contributed by atoms with Crippen LogP contribution in [0, 0.1) is 5.92 Å². The molecule has 0 bridgehead atoms. The van der Waals surface area contributed by atoms with E-state index in [4.69, 9.17) is 15.2 Å². The second kappa shape index (κ2) is 5.35. The van der Waals surface area contributed by atoms with Crippen LogP contribution in [0.3, 0.4) is 0 Å². The number of amides is 1. The van der Waals surface area contributed by atoms with Crippen molar-refractivity contribution in [1.29, 1.82) is 0 Å². The van der Waals surface area contributed by atoms with Crippen LogP contribution in [0.25, 0.3) is 0 Å². The van der Waals surface area contributed by atoms with Crippen molar-refractivity contribution in [3.05, 3.63) is 23.8 Å². The van der Waals surface area contributed by atoms with Gasteiger partial charge in [0.05, 0.1) is 13.2 Å². The standard InChI is InChI=1S/C16H21NO3/c1-19-14-7-6-10(12-9-13(12)16(17)18)8-15(14)20-11-4-2-3-5-11/h6-8,11-13H,2-5,9H2,1H3,(H2,17,18). The molecule has 4 heteroatoms. The fourth-order valence-electron chi connectivity index (χ4n) is 3.08. The average Bonchev–Trinajstić information content (AvgIpc) is 3.10. The second-order valence-electron chi connectivity index (χ2n) is 5.79. The summed E-state index contributed by atoms with van der Waals surface area (Å²) >= 11 is 0. The lowest BCUT2D eigenvalue weighted by molar-refractivity contribution is -0.119. The Bertz CT molecular complexity index is 508. The van der Waals surface area contributed by atoms with Gasteiger partial charge in [0.1, 0.15) is 0 Å². The van der Waals surface area contributed by atoms with E-state index in [1.54, 1.807) is 7.11 Å². The molecule has 2 saturated carbocycles. The monoisotopic (exact) mass is 275 g/mol. The maximum Gasteiger partial charge on any atom is 0.221 e. The SMILES string of the molecule is COc1ccc(C2CC2C(N)=O)cc1OC1CCCC1. The van der Waals surface area contributed by atoms with Gasteiger partial charge in [0.15, 0.2) is 11.5 Å². The molecule has 0 heterocycles. The van der Waals surface area contributed by atoms with Gasteiger partial charge >= 0.3 is 0 Å². The molecule has 4 nitrogen and oxygen atoms in total. The fraction of sp³-hybridized carbons (Fsp3) is 0.562. The van der Waals surface area contributed by atoms with Gasteiger partial charge in [-0.2, -0.15) is 0 Å². The van der Waals surface area contributed by atoms with Crippen LogP contribution >= 0.6 is 0 Å². The van der Waals surface area contributed by atoms with Crippen molar-refractivity contribution in [1.82, 2.24) is 0 Å². The van der Waals surface area contributed by atoms with Crippen LogP contribution in [0.5, 0.6) is 11.5 Å². The Balaban J connectivity index is 1.78. The number of carbonyl (C=O) groups excluding carboxylic acids is 1. The Morgan fingerprint density at radius 2 is 2.00 bits per heavy atom. The van der Waals surface area contributed by atoms with Crippen LogP contribution in [0.1, 0.15) is 43.6 Å². The maximum atomic E-state index is 11.2. The summed E-state index contributed by atoms with van der Waals surface area (Å²) in [4.78, 5) is 11.2.